The molecular formula is C8H9N3O2. The van der Waals surface area contributed by atoms with Gasteiger partial charge in [-0.15, -0.1) is 0 Å². The van der Waals surface area contributed by atoms with Crippen molar-refractivity contribution in [2.45, 2.75) is 6.04 Å². The summed E-state index contributed by atoms with van der Waals surface area (Å²) in [5.41, 5.74) is 6.40. The van der Waals surface area contributed by atoms with Crippen LogP contribution in [0.15, 0.2) is 35.8 Å². The number of rotatable bonds is 1. The first-order valence-electron chi connectivity index (χ1n) is 3.94. The van der Waals surface area contributed by atoms with Crippen molar-refractivity contribution in [2.75, 3.05) is 0 Å². The minimum atomic E-state index is -0.364. The number of nitro groups is 1. The third-order valence-electron chi connectivity index (χ3n) is 2.23. The monoisotopic (exact) mass is 179 g/mol. The van der Waals surface area contributed by atoms with Gasteiger partial charge in [-0.05, 0) is 12.2 Å². The molecule has 1 aliphatic heterocycles. The summed E-state index contributed by atoms with van der Waals surface area (Å²) in [5, 5.41) is 13.5. The zero-order valence-corrected chi connectivity index (χ0v) is 6.81. The smallest absolute Gasteiger partial charge is 0.270 e. The van der Waals surface area contributed by atoms with Crippen molar-refractivity contribution in [3.63, 3.8) is 0 Å². The van der Waals surface area contributed by atoms with Crippen LogP contribution in [0.4, 0.5) is 0 Å². The molecule has 0 amide bonds. The van der Waals surface area contributed by atoms with E-state index in [2.05, 4.69) is 5.32 Å². The maximum absolute atomic E-state index is 10.5. The third-order valence-corrected chi connectivity index (χ3v) is 2.23. The molecule has 2 aliphatic rings. The normalized spacial score (nSPS) is 30.2. The van der Waals surface area contributed by atoms with Gasteiger partial charge in [0.15, 0.2) is 0 Å². The van der Waals surface area contributed by atoms with Crippen LogP contribution in [0.2, 0.25) is 0 Å². The van der Waals surface area contributed by atoms with Crippen LogP contribution in [0, 0.1) is 16.0 Å². The second kappa shape index (κ2) is 2.62. The van der Waals surface area contributed by atoms with Crippen LogP contribution in [0.25, 0.3) is 0 Å². The summed E-state index contributed by atoms with van der Waals surface area (Å²) in [4.78, 5) is 10.2. The molecule has 5 heteroatoms. The van der Waals surface area contributed by atoms with Crippen LogP contribution in [-0.2, 0) is 0 Å². The number of nitrogens with zero attached hydrogens (tertiary/aromatic N) is 1. The predicted molar refractivity (Wildman–Crippen MR) is 46.9 cm³/mol. The summed E-state index contributed by atoms with van der Waals surface area (Å²) >= 11 is 0. The molecule has 0 saturated carbocycles. The minimum Gasteiger partial charge on any atom is -0.399 e. The molecule has 0 aromatic rings. The Balaban J connectivity index is 2.26. The van der Waals surface area contributed by atoms with Crippen molar-refractivity contribution in [1.29, 1.82) is 0 Å². The summed E-state index contributed by atoms with van der Waals surface area (Å²) in [7, 11) is 0. The first-order chi connectivity index (χ1) is 6.18. The van der Waals surface area contributed by atoms with E-state index in [0.717, 1.165) is 0 Å². The fourth-order valence-corrected chi connectivity index (χ4v) is 1.59. The SMILES string of the molecule is NC1=CC2NC=C([N+](=O)[O-])C2C=C1. The molecule has 0 fully saturated rings. The second-order valence-corrected chi connectivity index (χ2v) is 3.07. The largest absolute Gasteiger partial charge is 0.399 e. The zero-order chi connectivity index (χ0) is 9.42. The van der Waals surface area contributed by atoms with Gasteiger partial charge in [0, 0.05) is 5.70 Å². The summed E-state index contributed by atoms with van der Waals surface area (Å²) < 4.78 is 0. The van der Waals surface area contributed by atoms with Gasteiger partial charge in [0.25, 0.3) is 5.70 Å². The maximum Gasteiger partial charge on any atom is 0.270 e. The average Bonchev–Trinajstić information content (AvgIpc) is 2.46. The second-order valence-electron chi connectivity index (χ2n) is 3.07. The Morgan fingerprint density at radius 3 is 3.08 bits per heavy atom. The number of allylic oxidation sites excluding steroid dienone is 1. The first kappa shape index (κ1) is 7.85. The Kier molecular flexibility index (Phi) is 1.58. The molecule has 5 nitrogen and oxygen atoms in total. The van der Waals surface area contributed by atoms with E-state index in [1.165, 1.54) is 6.20 Å². The van der Waals surface area contributed by atoms with Crippen molar-refractivity contribution in [2.24, 2.45) is 11.7 Å². The lowest BCUT2D eigenvalue weighted by molar-refractivity contribution is -0.431. The number of nitrogens with one attached hydrogen (secondary N) is 1. The minimum absolute atomic E-state index is 0.0506. The van der Waals surface area contributed by atoms with Crippen LogP contribution in [0.3, 0.4) is 0 Å². The van der Waals surface area contributed by atoms with Crippen LogP contribution < -0.4 is 11.1 Å². The molecule has 13 heavy (non-hydrogen) atoms. The quantitative estimate of drug-likeness (QED) is 0.442. The third kappa shape index (κ3) is 1.18. The van der Waals surface area contributed by atoms with Gasteiger partial charge in [0.05, 0.1) is 23.1 Å². The number of hydrogen-bond acceptors (Lipinski definition) is 4. The van der Waals surface area contributed by atoms with Crippen molar-refractivity contribution in [3.05, 3.63) is 45.9 Å². The van der Waals surface area contributed by atoms with E-state index >= 15 is 0 Å². The Morgan fingerprint density at radius 2 is 2.38 bits per heavy atom. The van der Waals surface area contributed by atoms with E-state index in [4.69, 9.17) is 5.73 Å². The summed E-state index contributed by atoms with van der Waals surface area (Å²) in [6, 6.07) is -0.0506. The molecule has 2 atom stereocenters. The molecule has 1 heterocycles. The lowest BCUT2D eigenvalue weighted by Crippen LogP contribution is -2.28. The van der Waals surface area contributed by atoms with Gasteiger partial charge in [-0.1, -0.05) is 6.08 Å². The molecule has 0 saturated heterocycles. The van der Waals surface area contributed by atoms with Crippen LogP contribution in [0.5, 0.6) is 0 Å². The molecule has 2 rings (SSSR count). The molecule has 2 unspecified atom stereocenters. The van der Waals surface area contributed by atoms with E-state index < -0.39 is 0 Å². The van der Waals surface area contributed by atoms with Crippen molar-refractivity contribution in [3.8, 4) is 0 Å². The molecular weight excluding hydrogens is 170 g/mol. The molecule has 1 aliphatic carbocycles. The molecule has 0 radical (unpaired) electrons. The van der Waals surface area contributed by atoms with Crippen LogP contribution in [0.1, 0.15) is 0 Å². The standard InChI is InChI=1S/C8H9N3O2/c9-5-1-2-6-7(3-5)10-4-8(6)11(12)13/h1-4,6-7,10H,9H2. The molecule has 0 aromatic carbocycles. The Bertz CT molecular complexity index is 343. The van der Waals surface area contributed by atoms with Gasteiger partial charge < -0.3 is 11.1 Å². The number of hydrogen-bond donors (Lipinski definition) is 2. The number of fused-ring (bicyclic) bond motifs is 1. The highest BCUT2D eigenvalue weighted by Gasteiger charge is 2.35. The first-order valence-corrected chi connectivity index (χ1v) is 3.94. The Morgan fingerprint density at radius 1 is 1.62 bits per heavy atom. The Labute approximate surface area is 74.8 Å². The summed E-state index contributed by atoms with van der Waals surface area (Å²) in [6.45, 7) is 0. The lowest BCUT2D eigenvalue weighted by Gasteiger charge is -2.16. The van der Waals surface area contributed by atoms with E-state index in [9.17, 15) is 10.1 Å². The van der Waals surface area contributed by atoms with E-state index in [-0.39, 0.29) is 22.6 Å². The maximum atomic E-state index is 10.5. The lowest BCUT2D eigenvalue weighted by atomic mass is 9.94. The molecule has 0 aromatic heterocycles. The van der Waals surface area contributed by atoms with Gasteiger partial charge in [-0.25, -0.2) is 0 Å². The van der Waals surface area contributed by atoms with E-state index in [1.54, 1.807) is 18.2 Å². The van der Waals surface area contributed by atoms with Crippen molar-refractivity contribution in [1.82, 2.24) is 5.32 Å². The van der Waals surface area contributed by atoms with Crippen molar-refractivity contribution >= 4 is 0 Å². The highest BCUT2D eigenvalue weighted by atomic mass is 16.6. The average molecular weight is 179 g/mol. The fourth-order valence-electron chi connectivity index (χ4n) is 1.59. The van der Waals surface area contributed by atoms with Gasteiger partial charge in [0.1, 0.15) is 0 Å². The fraction of sp³-hybridized carbons (Fsp3) is 0.250. The van der Waals surface area contributed by atoms with Gasteiger partial charge in [-0.3, -0.25) is 10.1 Å². The van der Waals surface area contributed by atoms with E-state index in [1.807, 2.05) is 0 Å². The van der Waals surface area contributed by atoms with Gasteiger partial charge in [0.2, 0.25) is 0 Å². The topological polar surface area (TPSA) is 81.2 Å². The van der Waals surface area contributed by atoms with E-state index in [0.29, 0.717) is 5.70 Å². The molecule has 3 N–H and O–H groups in total. The highest BCUT2D eigenvalue weighted by Crippen LogP contribution is 2.27. The predicted octanol–water partition coefficient (Wildman–Crippen LogP) is 0.105. The van der Waals surface area contributed by atoms with Crippen molar-refractivity contribution < 1.29 is 4.92 Å². The molecule has 0 spiro atoms. The van der Waals surface area contributed by atoms with Crippen LogP contribution in [-0.4, -0.2) is 11.0 Å². The molecule has 0 bridgehead atoms. The highest BCUT2D eigenvalue weighted by molar-refractivity contribution is 5.32. The van der Waals surface area contributed by atoms with Gasteiger partial charge in [-0.2, -0.15) is 0 Å². The summed E-state index contributed by atoms with van der Waals surface area (Å²) in [6.07, 6.45) is 6.69. The zero-order valence-electron chi connectivity index (χ0n) is 6.81. The summed E-state index contributed by atoms with van der Waals surface area (Å²) in [5.74, 6) is -0.178. The Hall–Kier alpha value is -1.78. The van der Waals surface area contributed by atoms with Crippen LogP contribution >= 0.6 is 0 Å². The van der Waals surface area contributed by atoms with Gasteiger partial charge >= 0.3 is 0 Å². The number of nitrogens with two attached hydrogens (primary N) is 1. The molecule has 68 valence electrons.